The molecule has 2 atom stereocenters. The van der Waals surface area contributed by atoms with Crippen LogP contribution in [-0.4, -0.2) is 50.7 Å². The summed E-state index contributed by atoms with van der Waals surface area (Å²) in [4.78, 5) is 37.3. The van der Waals surface area contributed by atoms with E-state index in [4.69, 9.17) is 20.9 Å². The van der Waals surface area contributed by atoms with Crippen molar-refractivity contribution in [1.29, 1.82) is 0 Å². The predicted octanol–water partition coefficient (Wildman–Crippen LogP) is 6.75. The predicted molar refractivity (Wildman–Crippen MR) is 172 cm³/mol. The molecule has 0 unspecified atom stereocenters. The molecule has 0 fully saturated rings. The van der Waals surface area contributed by atoms with E-state index >= 15 is 0 Å². The van der Waals surface area contributed by atoms with Gasteiger partial charge in [-0.05, 0) is 18.8 Å². The number of nitrogen functional groups attached to an aromatic ring is 1. The molecule has 2 rings (SSSR count). The van der Waals surface area contributed by atoms with Crippen LogP contribution in [0.25, 0.3) is 11.2 Å². The van der Waals surface area contributed by atoms with E-state index in [0.29, 0.717) is 30.6 Å². The van der Waals surface area contributed by atoms with Crippen LogP contribution in [0.15, 0.2) is 12.5 Å². The molecule has 0 saturated heterocycles. The van der Waals surface area contributed by atoms with Crippen LogP contribution in [0.5, 0.6) is 0 Å². The van der Waals surface area contributed by atoms with Gasteiger partial charge in [-0.2, -0.15) is 4.98 Å². The fraction of sp³-hybridized carbons (Fsp3) is 0.788. The number of ether oxygens (including phenoxy) is 2. The normalized spacial score (nSPS) is 13.0. The van der Waals surface area contributed by atoms with Crippen molar-refractivity contribution in [3.8, 4) is 0 Å². The maximum Gasteiger partial charge on any atom is 0.323 e. The van der Waals surface area contributed by atoms with E-state index in [-0.39, 0.29) is 37.0 Å². The van der Waals surface area contributed by atoms with E-state index in [9.17, 15) is 9.59 Å². The molecule has 0 aliphatic heterocycles. The van der Waals surface area contributed by atoms with Gasteiger partial charge >= 0.3 is 11.9 Å². The zero-order chi connectivity index (χ0) is 31.3. The van der Waals surface area contributed by atoms with Gasteiger partial charge in [0.25, 0.3) is 0 Å². The highest BCUT2D eigenvalue weighted by molar-refractivity contribution is 5.75. The number of unbranched alkanes of at least 4 members (excludes halogenated alkanes) is 14. The average Bonchev–Trinajstić information content (AvgIpc) is 3.38. The third-order valence-corrected chi connectivity index (χ3v) is 8.06. The molecular weight excluding hydrogens is 544 g/mol. The minimum atomic E-state index is -0.685. The molecule has 2 aromatic rings. The lowest BCUT2D eigenvalue weighted by atomic mass is 10.0. The first-order chi connectivity index (χ1) is 20.8. The van der Waals surface area contributed by atoms with Crippen LogP contribution >= 0.6 is 0 Å². The van der Waals surface area contributed by atoms with Crippen LogP contribution in [0.1, 0.15) is 130 Å². The quantitative estimate of drug-likeness (QED) is 0.0930. The Bertz CT molecular complexity index is 1040. The molecule has 43 heavy (non-hydrogen) atoms. The Morgan fingerprint density at radius 2 is 1.44 bits per heavy atom. The molecule has 0 spiro atoms. The van der Waals surface area contributed by atoms with Crippen LogP contribution in [0, 0.1) is 11.8 Å². The topological polar surface area (TPSA) is 148 Å². The number of hydrogen-bond donors (Lipinski definition) is 2. The first-order valence-corrected chi connectivity index (χ1v) is 16.8. The van der Waals surface area contributed by atoms with Crippen LogP contribution in [0.4, 0.5) is 5.95 Å². The first-order valence-electron chi connectivity index (χ1n) is 16.8. The summed E-state index contributed by atoms with van der Waals surface area (Å²) in [6, 6.07) is -0.685. The van der Waals surface area contributed by atoms with Crippen molar-refractivity contribution in [2.75, 3.05) is 18.9 Å². The maximum atomic E-state index is 12.4. The number of hydrogen-bond acceptors (Lipinski definition) is 9. The van der Waals surface area contributed by atoms with Gasteiger partial charge in [0.15, 0.2) is 5.65 Å². The van der Waals surface area contributed by atoms with Crippen molar-refractivity contribution in [2.24, 2.45) is 17.6 Å². The number of carbonyl (C=O) groups excluding carboxylic acids is 2. The lowest BCUT2D eigenvalue weighted by Gasteiger charge is -2.20. The van der Waals surface area contributed by atoms with Gasteiger partial charge < -0.3 is 25.5 Å². The summed E-state index contributed by atoms with van der Waals surface area (Å²) in [6.45, 7) is 6.89. The van der Waals surface area contributed by atoms with Crippen LogP contribution in [-0.2, 0) is 25.6 Å². The van der Waals surface area contributed by atoms with Gasteiger partial charge in [0.2, 0.25) is 5.95 Å². The summed E-state index contributed by atoms with van der Waals surface area (Å²) in [5.74, 6) is -0.611. The average molecular weight is 603 g/mol. The van der Waals surface area contributed by atoms with Crippen molar-refractivity contribution < 1.29 is 19.1 Å². The molecule has 0 radical (unpaired) electrons. The molecule has 4 N–H and O–H groups in total. The number of carbonyl (C=O) groups is 2. The molecular formula is C33H58N6O4. The maximum absolute atomic E-state index is 12.4. The van der Waals surface area contributed by atoms with Crippen molar-refractivity contribution in [1.82, 2.24) is 19.5 Å². The van der Waals surface area contributed by atoms with Crippen molar-refractivity contribution in [2.45, 2.75) is 143 Å². The molecule has 0 aliphatic rings. The summed E-state index contributed by atoms with van der Waals surface area (Å²) in [7, 11) is 0. The third-order valence-electron chi connectivity index (χ3n) is 8.06. The summed E-state index contributed by atoms with van der Waals surface area (Å²) in [6.07, 6.45) is 23.6. The Balaban J connectivity index is 1.62. The van der Waals surface area contributed by atoms with Crippen LogP contribution in [0.2, 0.25) is 0 Å². The highest BCUT2D eigenvalue weighted by Gasteiger charge is 2.22. The summed E-state index contributed by atoms with van der Waals surface area (Å²) in [5.41, 5.74) is 13.0. The molecule has 0 saturated carbocycles. The second-order valence-electron chi connectivity index (χ2n) is 12.3. The lowest BCUT2D eigenvalue weighted by molar-refractivity contribution is -0.149. The number of nitrogens with zero attached hydrogens (tertiary/aromatic N) is 4. The molecule has 10 nitrogen and oxygen atoms in total. The Morgan fingerprint density at radius 3 is 2.02 bits per heavy atom. The standard InChI is InChI=1S/C33H58N6O4/c1-4-5-6-7-8-9-10-11-12-13-14-15-16-17-18-19-29(40)42-21-20-27(24-43-32(41)30(34)26(2)3)23-39-25-37-28-22-36-33(35)38-31(28)39/h22,25-27,30H,4-21,23-24,34H2,1-3H3,(H2,35,36,38)/t27-,30+/m1/s1. The number of fused-ring (bicyclic) bond motifs is 1. The van der Waals surface area contributed by atoms with E-state index in [1.165, 1.54) is 83.5 Å². The molecule has 0 amide bonds. The van der Waals surface area contributed by atoms with E-state index < -0.39 is 12.0 Å². The summed E-state index contributed by atoms with van der Waals surface area (Å²) < 4.78 is 12.9. The lowest BCUT2D eigenvalue weighted by Crippen LogP contribution is -2.38. The second kappa shape index (κ2) is 21.9. The number of imidazole rings is 1. The molecule has 2 heterocycles. The van der Waals surface area contributed by atoms with Crippen molar-refractivity contribution >= 4 is 29.1 Å². The SMILES string of the molecule is CCCCCCCCCCCCCCCCCC(=O)OCC[C@@H](COC(=O)[C@@H](N)C(C)C)Cn1cnc2cnc(N)nc21. The Labute approximate surface area is 259 Å². The van der Waals surface area contributed by atoms with Gasteiger partial charge in [-0.25, -0.2) is 9.97 Å². The van der Waals surface area contributed by atoms with Gasteiger partial charge in [-0.15, -0.1) is 0 Å². The molecule has 0 aliphatic carbocycles. The second-order valence-corrected chi connectivity index (χ2v) is 12.3. The monoisotopic (exact) mass is 602 g/mol. The Kier molecular flexibility index (Phi) is 18.5. The largest absolute Gasteiger partial charge is 0.466 e. The summed E-state index contributed by atoms with van der Waals surface area (Å²) in [5, 5.41) is 0. The summed E-state index contributed by atoms with van der Waals surface area (Å²) >= 11 is 0. The Morgan fingerprint density at radius 1 is 0.860 bits per heavy atom. The third kappa shape index (κ3) is 15.5. The molecule has 2 aromatic heterocycles. The number of aromatic nitrogens is 4. The highest BCUT2D eigenvalue weighted by atomic mass is 16.5. The van der Waals surface area contributed by atoms with Crippen LogP contribution < -0.4 is 11.5 Å². The number of rotatable bonds is 25. The van der Waals surface area contributed by atoms with E-state index in [2.05, 4.69) is 21.9 Å². The van der Waals surface area contributed by atoms with Gasteiger partial charge in [-0.1, -0.05) is 111 Å². The van der Waals surface area contributed by atoms with Gasteiger partial charge in [0.05, 0.1) is 25.7 Å². The van der Waals surface area contributed by atoms with Crippen molar-refractivity contribution in [3.05, 3.63) is 12.5 Å². The number of anilines is 1. The molecule has 0 bridgehead atoms. The van der Waals surface area contributed by atoms with Crippen LogP contribution in [0.3, 0.4) is 0 Å². The Hall–Kier alpha value is -2.75. The fourth-order valence-corrected chi connectivity index (χ4v) is 5.13. The fourth-order valence-electron chi connectivity index (χ4n) is 5.13. The highest BCUT2D eigenvalue weighted by Crippen LogP contribution is 2.17. The van der Waals surface area contributed by atoms with E-state index in [0.717, 1.165) is 12.8 Å². The number of nitrogens with two attached hydrogens (primary N) is 2. The smallest absolute Gasteiger partial charge is 0.323 e. The zero-order valence-corrected chi connectivity index (χ0v) is 27.1. The van der Waals surface area contributed by atoms with E-state index in [1.807, 2.05) is 18.4 Å². The van der Waals surface area contributed by atoms with Gasteiger partial charge in [-0.3, -0.25) is 9.59 Å². The molecule has 0 aromatic carbocycles. The molecule has 10 heteroatoms. The van der Waals surface area contributed by atoms with E-state index in [1.54, 1.807) is 12.5 Å². The van der Waals surface area contributed by atoms with Gasteiger partial charge in [0.1, 0.15) is 11.6 Å². The number of esters is 2. The molecule has 244 valence electrons. The first kappa shape index (κ1) is 36.4. The minimum Gasteiger partial charge on any atom is -0.466 e. The zero-order valence-electron chi connectivity index (χ0n) is 27.1. The van der Waals surface area contributed by atoms with Crippen molar-refractivity contribution in [3.63, 3.8) is 0 Å². The minimum absolute atomic E-state index is 0.0242. The van der Waals surface area contributed by atoms with Gasteiger partial charge in [0, 0.05) is 18.9 Å².